The first-order valence-electron chi connectivity index (χ1n) is 11.5. The van der Waals surface area contributed by atoms with E-state index in [1.807, 2.05) is 49.4 Å². The van der Waals surface area contributed by atoms with Gasteiger partial charge in [0.25, 0.3) is 5.91 Å². The van der Waals surface area contributed by atoms with Crippen LogP contribution in [0.1, 0.15) is 45.7 Å². The van der Waals surface area contributed by atoms with E-state index in [9.17, 15) is 4.79 Å². The number of hydrogen-bond acceptors (Lipinski definition) is 3. The summed E-state index contributed by atoms with van der Waals surface area (Å²) in [5.41, 5.74) is 6.20. The first-order valence-corrected chi connectivity index (χ1v) is 11.5. The molecule has 0 aliphatic carbocycles. The van der Waals surface area contributed by atoms with Crippen molar-refractivity contribution in [3.63, 3.8) is 0 Å². The Kier molecular flexibility index (Phi) is 7.08. The van der Waals surface area contributed by atoms with Gasteiger partial charge in [0.2, 0.25) is 0 Å². The molecule has 0 saturated heterocycles. The third-order valence-electron chi connectivity index (χ3n) is 5.83. The van der Waals surface area contributed by atoms with Crippen molar-refractivity contribution < 1.29 is 9.53 Å². The second kappa shape index (κ2) is 10.3. The van der Waals surface area contributed by atoms with Crippen molar-refractivity contribution in [3.05, 3.63) is 94.8 Å². The number of para-hydroxylation sites is 2. The molecule has 5 nitrogen and oxygen atoms in total. The van der Waals surface area contributed by atoms with E-state index in [1.165, 1.54) is 5.56 Å². The largest absolute Gasteiger partial charge is 0.493 e. The van der Waals surface area contributed by atoms with Crippen LogP contribution < -0.4 is 10.1 Å². The van der Waals surface area contributed by atoms with Crippen LogP contribution in [-0.4, -0.2) is 22.1 Å². The molecular formula is C28H31N3O2. The summed E-state index contributed by atoms with van der Waals surface area (Å²) >= 11 is 0. The molecule has 0 fully saturated rings. The van der Waals surface area contributed by atoms with Gasteiger partial charge in [-0.2, -0.15) is 0 Å². The van der Waals surface area contributed by atoms with Gasteiger partial charge in [0.1, 0.15) is 11.6 Å². The smallest absolute Gasteiger partial charge is 0.251 e. The molecule has 0 aliphatic rings. The number of rotatable bonds is 9. The maximum Gasteiger partial charge on any atom is 0.251 e. The van der Waals surface area contributed by atoms with Crippen molar-refractivity contribution in [2.45, 2.75) is 46.7 Å². The monoisotopic (exact) mass is 441 g/mol. The highest BCUT2D eigenvalue weighted by atomic mass is 16.5. The SMILES string of the molecule is Cc1ccc(C(=O)NCc2nc3ccccc3n2CCCCOc2cc(C)ccc2C)cc1. The first kappa shape index (κ1) is 22.6. The fourth-order valence-corrected chi connectivity index (χ4v) is 3.89. The number of aryl methyl sites for hydroxylation is 4. The highest BCUT2D eigenvalue weighted by Gasteiger charge is 2.12. The van der Waals surface area contributed by atoms with Crippen LogP contribution in [0.2, 0.25) is 0 Å². The molecule has 0 unspecified atom stereocenters. The van der Waals surface area contributed by atoms with Gasteiger partial charge in [-0.15, -0.1) is 0 Å². The van der Waals surface area contributed by atoms with Crippen molar-refractivity contribution in [1.82, 2.24) is 14.9 Å². The molecule has 170 valence electrons. The maximum atomic E-state index is 12.6. The van der Waals surface area contributed by atoms with Crippen molar-refractivity contribution in [3.8, 4) is 5.75 Å². The summed E-state index contributed by atoms with van der Waals surface area (Å²) in [6.07, 6.45) is 1.90. The third-order valence-corrected chi connectivity index (χ3v) is 5.83. The number of nitrogens with one attached hydrogen (secondary N) is 1. The minimum atomic E-state index is -0.0875. The molecule has 0 radical (unpaired) electrons. The molecule has 1 amide bonds. The fourth-order valence-electron chi connectivity index (χ4n) is 3.89. The van der Waals surface area contributed by atoms with E-state index in [2.05, 4.69) is 48.0 Å². The molecule has 0 bridgehead atoms. The number of amides is 1. The zero-order chi connectivity index (χ0) is 23.2. The summed E-state index contributed by atoms with van der Waals surface area (Å²) in [4.78, 5) is 17.4. The Hall–Kier alpha value is -3.60. The number of hydrogen-bond donors (Lipinski definition) is 1. The Labute approximate surface area is 195 Å². The Balaban J connectivity index is 1.38. The standard InChI is InChI=1S/C28H31N3O2/c1-20-11-14-23(15-12-20)28(32)29-19-27-30-24-8-4-5-9-25(24)31(27)16-6-7-17-33-26-18-21(2)10-13-22(26)3/h4-5,8-15,18H,6-7,16-17,19H2,1-3H3,(H,29,32). The molecule has 1 N–H and O–H groups in total. The zero-order valence-corrected chi connectivity index (χ0v) is 19.6. The van der Waals surface area contributed by atoms with Crippen molar-refractivity contribution in [2.75, 3.05) is 6.61 Å². The molecule has 1 aromatic heterocycles. The van der Waals surface area contributed by atoms with Gasteiger partial charge in [-0.3, -0.25) is 4.79 Å². The van der Waals surface area contributed by atoms with E-state index in [0.717, 1.165) is 53.1 Å². The number of imidazole rings is 1. The van der Waals surface area contributed by atoms with Gasteiger partial charge >= 0.3 is 0 Å². The molecule has 1 heterocycles. The van der Waals surface area contributed by atoms with Crippen LogP contribution in [-0.2, 0) is 13.1 Å². The quantitative estimate of drug-likeness (QED) is 0.337. The number of fused-ring (bicyclic) bond motifs is 1. The molecule has 33 heavy (non-hydrogen) atoms. The zero-order valence-electron chi connectivity index (χ0n) is 19.6. The molecule has 0 spiro atoms. The maximum absolute atomic E-state index is 12.6. The second-order valence-electron chi connectivity index (χ2n) is 8.54. The van der Waals surface area contributed by atoms with Gasteiger partial charge < -0.3 is 14.6 Å². The van der Waals surface area contributed by atoms with Gasteiger partial charge in [0, 0.05) is 12.1 Å². The normalized spacial score (nSPS) is 11.0. The lowest BCUT2D eigenvalue weighted by molar-refractivity contribution is 0.0949. The van der Waals surface area contributed by atoms with Crippen LogP contribution in [0.25, 0.3) is 11.0 Å². The molecule has 4 aromatic rings. The molecule has 3 aromatic carbocycles. The summed E-state index contributed by atoms with van der Waals surface area (Å²) in [6, 6.07) is 22.0. The van der Waals surface area contributed by atoms with Gasteiger partial charge in [-0.1, -0.05) is 42.0 Å². The predicted molar refractivity (Wildman–Crippen MR) is 133 cm³/mol. The average Bonchev–Trinajstić information content (AvgIpc) is 3.17. The minimum absolute atomic E-state index is 0.0875. The molecular weight excluding hydrogens is 410 g/mol. The molecule has 4 rings (SSSR count). The van der Waals surface area contributed by atoms with Crippen LogP contribution >= 0.6 is 0 Å². The van der Waals surface area contributed by atoms with E-state index in [-0.39, 0.29) is 5.91 Å². The van der Waals surface area contributed by atoms with Crippen molar-refractivity contribution in [2.24, 2.45) is 0 Å². The van der Waals surface area contributed by atoms with Crippen LogP contribution in [0.4, 0.5) is 0 Å². The molecule has 0 atom stereocenters. The summed E-state index contributed by atoms with van der Waals surface area (Å²) in [5, 5.41) is 3.02. The summed E-state index contributed by atoms with van der Waals surface area (Å²) in [6.45, 7) is 8.06. The van der Waals surface area contributed by atoms with E-state index >= 15 is 0 Å². The van der Waals surface area contributed by atoms with Crippen molar-refractivity contribution >= 4 is 16.9 Å². The number of benzene rings is 3. The van der Waals surface area contributed by atoms with Crippen LogP contribution in [0.15, 0.2) is 66.7 Å². The minimum Gasteiger partial charge on any atom is -0.493 e. The Morgan fingerprint density at radius 1 is 0.939 bits per heavy atom. The second-order valence-corrected chi connectivity index (χ2v) is 8.54. The topological polar surface area (TPSA) is 56.2 Å². The first-order chi connectivity index (χ1) is 16.0. The van der Waals surface area contributed by atoms with E-state index in [1.54, 1.807) is 0 Å². The van der Waals surface area contributed by atoms with E-state index < -0.39 is 0 Å². The summed E-state index contributed by atoms with van der Waals surface area (Å²) in [5.74, 6) is 1.74. The number of carbonyl (C=O) groups is 1. The van der Waals surface area contributed by atoms with Gasteiger partial charge in [-0.25, -0.2) is 4.98 Å². The van der Waals surface area contributed by atoms with Crippen LogP contribution in [0.5, 0.6) is 5.75 Å². The average molecular weight is 442 g/mol. The summed E-state index contributed by atoms with van der Waals surface area (Å²) in [7, 11) is 0. The lowest BCUT2D eigenvalue weighted by Gasteiger charge is -2.12. The lowest BCUT2D eigenvalue weighted by atomic mass is 10.1. The van der Waals surface area contributed by atoms with Gasteiger partial charge in [-0.05, 0) is 75.1 Å². The fraction of sp³-hybridized carbons (Fsp3) is 0.286. The van der Waals surface area contributed by atoms with Crippen LogP contribution in [0.3, 0.4) is 0 Å². The summed E-state index contributed by atoms with van der Waals surface area (Å²) < 4.78 is 8.22. The molecule has 0 aliphatic heterocycles. The Morgan fingerprint density at radius 3 is 2.52 bits per heavy atom. The lowest BCUT2D eigenvalue weighted by Crippen LogP contribution is -2.24. The van der Waals surface area contributed by atoms with Crippen molar-refractivity contribution in [1.29, 1.82) is 0 Å². The number of unbranched alkanes of at least 4 members (excludes halogenated alkanes) is 1. The van der Waals surface area contributed by atoms with Crippen LogP contribution in [0, 0.1) is 20.8 Å². The number of carbonyl (C=O) groups excluding carboxylic acids is 1. The Bertz CT molecular complexity index is 1240. The van der Waals surface area contributed by atoms with E-state index in [0.29, 0.717) is 18.7 Å². The number of ether oxygens (including phenoxy) is 1. The van der Waals surface area contributed by atoms with Gasteiger partial charge in [0.15, 0.2) is 0 Å². The Morgan fingerprint density at radius 2 is 1.70 bits per heavy atom. The predicted octanol–water partition coefficient (Wildman–Crippen LogP) is 5.75. The van der Waals surface area contributed by atoms with Gasteiger partial charge in [0.05, 0.1) is 24.2 Å². The van der Waals surface area contributed by atoms with E-state index in [4.69, 9.17) is 9.72 Å². The number of aromatic nitrogens is 2. The highest BCUT2D eigenvalue weighted by Crippen LogP contribution is 2.20. The molecule has 5 heteroatoms. The highest BCUT2D eigenvalue weighted by molar-refractivity contribution is 5.94. The molecule has 0 saturated carbocycles. The number of nitrogens with zero attached hydrogens (tertiary/aromatic N) is 2. The third kappa shape index (κ3) is 5.61.